The topological polar surface area (TPSA) is 63.1 Å². The zero-order valence-corrected chi connectivity index (χ0v) is 19.9. The number of nitrogens with one attached hydrogen (secondary N) is 1. The zero-order valence-electron chi connectivity index (χ0n) is 19.9. The maximum Gasteiger partial charge on any atom is 0.272 e. The summed E-state index contributed by atoms with van der Waals surface area (Å²) in [6.07, 6.45) is 4.53. The van der Waals surface area contributed by atoms with Crippen LogP contribution in [-0.4, -0.2) is 38.7 Å². The molecule has 1 N–H and O–H groups in total. The van der Waals surface area contributed by atoms with Crippen LogP contribution >= 0.6 is 0 Å². The Morgan fingerprint density at radius 2 is 1.54 bits per heavy atom. The minimum Gasteiger partial charge on any atom is -0.345 e. The van der Waals surface area contributed by atoms with Crippen LogP contribution in [0.2, 0.25) is 0 Å². The predicted molar refractivity (Wildman–Crippen MR) is 137 cm³/mol. The summed E-state index contributed by atoms with van der Waals surface area (Å²) in [5, 5.41) is 7.86. The lowest BCUT2D eigenvalue weighted by atomic mass is 10.0. The van der Waals surface area contributed by atoms with Gasteiger partial charge in [-0.15, -0.1) is 0 Å². The van der Waals surface area contributed by atoms with E-state index in [1.54, 1.807) is 6.20 Å². The number of amides is 1. The third-order valence-corrected chi connectivity index (χ3v) is 6.60. The molecule has 6 heteroatoms. The highest BCUT2D eigenvalue weighted by Crippen LogP contribution is 2.24. The molecule has 0 saturated heterocycles. The van der Waals surface area contributed by atoms with Gasteiger partial charge in [0.25, 0.3) is 5.91 Å². The summed E-state index contributed by atoms with van der Waals surface area (Å²) in [5.41, 5.74) is 6.26. The minimum atomic E-state index is -0.129. The summed E-state index contributed by atoms with van der Waals surface area (Å²) in [7, 11) is 0. The molecular weight excluding hydrogens is 434 g/mol. The van der Waals surface area contributed by atoms with Gasteiger partial charge in [-0.25, -0.2) is 0 Å². The van der Waals surface area contributed by atoms with Gasteiger partial charge in [0.1, 0.15) is 0 Å². The molecule has 1 amide bonds. The lowest BCUT2D eigenvalue weighted by Gasteiger charge is -2.27. The third-order valence-electron chi connectivity index (χ3n) is 6.60. The first-order valence-electron chi connectivity index (χ1n) is 12.3. The number of carbonyl (C=O) groups is 1. The van der Waals surface area contributed by atoms with Crippen molar-refractivity contribution in [2.24, 2.45) is 0 Å². The number of hydrogen-bond donors (Lipinski definition) is 1. The number of hydrogen-bond acceptors (Lipinski definition) is 4. The van der Waals surface area contributed by atoms with E-state index in [4.69, 9.17) is 5.10 Å². The zero-order chi connectivity index (χ0) is 23.9. The summed E-state index contributed by atoms with van der Waals surface area (Å²) >= 11 is 0. The Balaban J connectivity index is 1.32. The first-order valence-corrected chi connectivity index (χ1v) is 12.3. The van der Waals surface area contributed by atoms with E-state index in [1.807, 2.05) is 24.3 Å². The Morgan fingerprint density at radius 3 is 2.23 bits per heavy atom. The van der Waals surface area contributed by atoms with Gasteiger partial charge in [0.2, 0.25) is 0 Å². The van der Waals surface area contributed by atoms with Crippen molar-refractivity contribution in [3.63, 3.8) is 0 Å². The average Bonchev–Trinajstić information content (AvgIpc) is 3.29. The molecule has 2 aromatic heterocycles. The van der Waals surface area contributed by atoms with Crippen molar-refractivity contribution in [3.8, 4) is 0 Å². The molecule has 0 saturated carbocycles. The Labute approximate surface area is 206 Å². The van der Waals surface area contributed by atoms with Crippen LogP contribution in [0.15, 0.2) is 85.1 Å². The molecule has 35 heavy (non-hydrogen) atoms. The summed E-state index contributed by atoms with van der Waals surface area (Å²) < 4.78 is 2.06. The largest absolute Gasteiger partial charge is 0.345 e. The Hall–Kier alpha value is -3.77. The van der Waals surface area contributed by atoms with Crippen LogP contribution in [0.1, 0.15) is 38.6 Å². The summed E-state index contributed by atoms with van der Waals surface area (Å²) in [6.45, 7) is 3.85. The van der Waals surface area contributed by atoms with Crippen LogP contribution in [0.3, 0.4) is 0 Å². The molecule has 0 bridgehead atoms. The number of carbonyl (C=O) groups excluding carboxylic acids is 1. The van der Waals surface area contributed by atoms with Gasteiger partial charge in [0, 0.05) is 50.1 Å². The van der Waals surface area contributed by atoms with E-state index < -0.39 is 0 Å². The molecular formula is C29H31N5O. The van der Waals surface area contributed by atoms with Crippen molar-refractivity contribution in [3.05, 3.63) is 119 Å². The molecule has 0 radical (unpaired) electrons. The lowest BCUT2D eigenvalue weighted by molar-refractivity contribution is 0.0942. The first kappa shape index (κ1) is 23.0. The van der Waals surface area contributed by atoms with E-state index in [2.05, 4.69) is 74.5 Å². The van der Waals surface area contributed by atoms with Crippen LogP contribution < -0.4 is 5.32 Å². The summed E-state index contributed by atoms with van der Waals surface area (Å²) in [6, 6.07) is 26.7. The maximum atomic E-state index is 13.2. The second-order valence-corrected chi connectivity index (χ2v) is 9.00. The second-order valence-electron chi connectivity index (χ2n) is 9.00. The van der Waals surface area contributed by atoms with Crippen molar-refractivity contribution in [1.82, 2.24) is 25.0 Å². The normalized spacial score (nSPS) is 13.4. The predicted octanol–water partition coefficient (Wildman–Crippen LogP) is 4.05. The quantitative estimate of drug-likeness (QED) is 0.405. The van der Waals surface area contributed by atoms with Crippen molar-refractivity contribution in [2.75, 3.05) is 13.1 Å². The van der Waals surface area contributed by atoms with E-state index in [9.17, 15) is 4.79 Å². The van der Waals surface area contributed by atoms with Gasteiger partial charge in [-0.1, -0.05) is 66.7 Å². The van der Waals surface area contributed by atoms with Gasteiger partial charge >= 0.3 is 0 Å². The van der Waals surface area contributed by atoms with Crippen LogP contribution in [0, 0.1) is 0 Å². The van der Waals surface area contributed by atoms with Gasteiger partial charge in [0.05, 0.1) is 12.2 Å². The van der Waals surface area contributed by atoms with E-state index in [0.717, 1.165) is 56.7 Å². The number of nitrogens with zero attached hydrogens (tertiary/aromatic N) is 4. The van der Waals surface area contributed by atoms with E-state index in [-0.39, 0.29) is 5.91 Å². The third kappa shape index (κ3) is 5.84. The highest BCUT2D eigenvalue weighted by atomic mass is 16.2. The van der Waals surface area contributed by atoms with Crippen molar-refractivity contribution >= 4 is 5.91 Å². The van der Waals surface area contributed by atoms with E-state index >= 15 is 0 Å². The highest BCUT2D eigenvalue weighted by molar-refractivity contribution is 5.94. The smallest absolute Gasteiger partial charge is 0.272 e. The Bertz CT molecular complexity index is 1240. The monoisotopic (exact) mass is 465 g/mol. The SMILES string of the molecule is O=C(NCc1ccccn1)c1nn(CCc2ccccc2)c2c1CN(CCc1ccccc1)CC2. The number of fused-ring (bicyclic) bond motifs is 1. The second kappa shape index (κ2) is 11.1. The van der Waals surface area contributed by atoms with Gasteiger partial charge < -0.3 is 5.32 Å². The molecule has 2 aromatic carbocycles. The summed E-state index contributed by atoms with van der Waals surface area (Å²) in [4.78, 5) is 20.0. The van der Waals surface area contributed by atoms with Crippen molar-refractivity contribution in [2.45, 2.75) is 38.9 Å². The molecule has 6 nitrogen and oxygen atoms in total. The molecule has 3 heterocycles. The van der Waals surface area contributed by atoms with Crippen molar-refractivity contribution < 1.29 is 4.79 Å². The van der Waals surface area contributed by atoms with Crippen LogP contribution in [-0.2, 0) is 38.9 Å². The van der Waals surface area contributed by atoms with Crippen LogP contribution in [0.25, 0.3) is 0 Å². The molecule has 0 unspecified atom stereocenters. The number of aryl methyl sites for hydroxylation is 2. The molecule has 0 fully saturated rings. The number of benzene rings is 2. The molecule has 0 aliphatic carbocycles. The standard InChI is InChI=1S/C29H31N5O/c35-29(31-21-25-13-7-8-17-30-25)28-26-22-33(18-14-23-9-3-1-4-10-23)19-16-27(26)34(32-28)20-15-24-11-5-2-6-12-24/h1-13,17H,14-16,18-22H2,(H,31,35). The molecule has 178 valence electrons. The van der Waals surface area contributed by atoms with E-state index in [0.29, 0.717) is 12.2 Å². The average molecular weight is 466 g/mol. The molecule has 0 atom stereocenters. The number of rotatable bonds is 9. The lowest BCUT2D eigenvalue weighted by Crippen LogP contribution is -2.34. The molecule has 1 aliphatic heterocycles. The highest BCUT2D eigenvalue weighted by Gasteiger charge is 2.28. The molecule has 0 spiro atoms. The Kier molecular flexibility index (Phi) is 7.29. The van der Waals surface area contributed by atoms with Crippen LogP contribution in [0.4, 0.5) is 0 Å². The van der Waals surface area contributed by atoms with Gasteiger partial charge in [0.15, 0.2) is 5.69 Å². The van der Waals surface area contributed by atoms with Gasteiger partial charge in [-0.3, -0.25) is 19.4 Å². The fourth-order valence-electron chi connectivity index (χ4n) is 4.67. The molecule has 5 rings (SSSR count). The van der Waals surface area contributed by atoms with Gasteiger partial charge in [-0.05, 0) is 36.1 Å². The van der Waals surface area contributed by atoms with Crippen LogP contribution in [0.5, 0.6) is 0 Å². The fraction of sp³-hybridized carbons (Fsp3) is 0.276. The summed E-state index contributed by atoms with van der Waals surface area (Å²) in [5.74, 6) is -0.129. The Morgan fingerprint density at radius 1 is 0.857 bits per heavy atom. The van der Waals surface area contributed by atoms with Gasteiger partial charge in [-0.2, -0.15) is 5.10 Å². The fourth-order valence-corrected chi connectivity index (χ4v) is 4.67. The number of pyridine rings is 1. The molecule has 1 aliphatic rings. The van der Waals surface area contributed by atoms with Crippen molar-refractivity contribution in [1.29, 1.82) is 0 Å². The van der Waals surface area contributed by atoms with E-state index in [1.165, 1.54) is 16.8 Å². The maximum absolute atomic E-state index is 13.2. The number of aromatic nitrogens is 3. The molecule has 4 aromatic rings. The first-order chi connectivity index (χ1) is 17.3. The minimum absolute atomic E-state index is 0.129.